The molecular formula is C18H21NS. The van der Waals surface area contributed by atoms with Gasteiger partial charge in [-0.1, -0.05) is 56.3 Å². The topological polar surface area (TPSA) is 26.0 Å². The molecule has 104 valence electrons. The summed E-state index contributed by atoms with van der Waals surface area (Å²) in [5.74, 6) is 2.09. The van der Waals surface area contributed by atoms with Crippen LogP contribution in [-0.4, -0.2) is 5.75 Å². The van der Waals surface area contributed by atoms with E-state index in [4.69, 9.17) is 5.73 Å². The standard InChI is InChI=1S/C18H21NS/c1-12(2)13-7-9-14(10-8-13)18(19)16-11-20-17-6-4-3-5-15(16)17/h3-10,12,16,18H,11,19H2,1-2H3. The number of hydrogen-bond acceptors (Lipinski definition) is 2. The molecule has 1 nitrogen and oxygen atoms in total. The average Bonchev–Trinajstić information content (AvgIpc) is 2.90. The third-order valence-electron chi connectivity index (χ3n) is 4.16. The van der Waals surface area contributed by atoms with Crippen LogP contribution in [0.1, 0.15) is 48.4 Å². The van der Waals surface area contributed by atoms with Gasteiger partial charge in [-0.15, -0.1) is 11.8 Å². The lowest BCUT2D eigenvalue weighted by molar-refractivity contribution is 0.607. The van der Waals surface area contributed by atoms with Gasteiger partial charge in [-0.25, -0.2) is 0 Å². The first kappa shape index (κ1) is 13.7. The Morgan fingerprint density at radius 1 is 1.00 bits per heavy atom. The molecule has 2 atom stereocenters. The van der Waals surface area contributed by atoms with Crippen LogP contribution in [0.4, 0.5) is 0 Å². The van der Waals surface area contributed by atoms with Gasteiger partial charge in [-0.3, -0.25) is 0 Å². The van der Waals surface area contributed by atoms with Crippen LogP contribution in [0.2, 0.25) is 0 Å². The van der Waals surface area contributed by atoms with E-state index in [2.05, 4.69) is 62.4 Å². The molecule has 0 radical (unpaired) electrons. The van der Waals surface area contributed by atoms with E-state index in [0.29, 0.717) is 11.8 Å². The van der Waals surface area contributed by atoms with Crippen LogP contribution in [0.3, 0.4) is 0 Å². The van der Waals surface area contributed by atoms with E-state index >= 15 is 0 Å². The van der Waals surface area contributed by atoms with E-state index in [1.54, 1.807) is 0 Å². The van der Waals surface area contributed by atoms with E-state index in [0.717, 1.165) is 5.75 Å². The molecule has 0 fully saturated rings. The molecule has 2 aromatic carbocycles. The predicted molar refractivity (Wildman–Crippen MR) is 87.4 cm³/mol. The zero-order valence-corrected chi connectivity index (χ0v) is 12.9. The third-order valence-corrected chi connectivity index (χ3v) is 5.37. The predicted octanol–water partition coefficient (Wildman–Crippen LogP) is 4.70. The van der Waals surface area contributed by atoms with Gasteiger partial charge in [-0.2, -0.15) is 0 Å². The van der Waals surface area contributed by atoms with E-state index < -0.39 is 0 Å². The van der Waals surface area contributed by atoms with E-state index in [9.17, 15) is 0 Å². The largest absolute Gasteiger partial charge is 0.323 e. The molecule has 2 heteroatoms. The van der Waals surface area contributed by atoms with Gasteiger partial charge in [-0.05, 0) is 28.7 Å². The fraction of sp³-hybridized carbons (Fsp3) is 0.333. The lowest BCUT2D eigenvalue weighted by atomic mass is 9.88. The Bertz CT molecular complexity index is 589. The minimum absolute atomic E-state index is 0.0902. The summed E-state index contributed by atoms with van der Waals surface area (Å²) in [7, 11) is 0. The van der Waals surface area contributed by atoms with E-state index in [1.165, 1.54) is 21.6 Å². The summed E-state index contributed by atoms with van der Waals surface area (Å²) >= 11 is 1.93. The molecule has 2 N–H and O–H groups in total. The Kier molecular flexibility index (Phi) is 3.86. The zero-order chi connectivity index (χ0) is 14.1. The number of thioether (sulfide) groups is 1. The molecule has 3 rings (SSSR count). The summed E-state index contributed by atoms with van der Waals surface area (Å²) in [6.45, 7) is 4.44. The van der Waals surface area contributed by atoms with Crippen molar-refractivity contribution in [3.63, 3.8) is 0 Å². The molecule has 1 aliphatic rings. The molecule has 0 bridgehead atoms. The second kappa shape index (κ2) is 5.63. The summed E-state index contributed by atoms with van der Waals surface area (Å²) in [6, 6.07) is 17.6. The number of nitrogens with two attached hydrogens (primary N) is 1. The lowest BCUT2D eigenvalue weighted by Crippen LogP contribution is -2.19. The van der Waals surface area contributed by atoms with E-state index in [-0.39, 0.29) is 6.04 Å². The maximum atomic E-state index is 6.53. The summed E-state index contributed by atoms with van der Waals surface area (Å²) in [5.41, 5.74) is 10.6. The molecular weight excluding hydrogens is 262 g/mol. The summed E-state index contributed by atoms with van der Waals surface area (Å²) in [5, 5.41) is 0. The maximum absolute atomic E-state index is 6.53. The fourth-order valence-electron chi connectivity index (χ4n) is 2.82. The van der Waals surface area contributed by atoms with Crippen LogP contribution in [0.25, 0.3) is 0 Å². The molecule has 0 amide bonds. The number of rotatable bonds is 3. The molecule has 0 saturated carbocycles. The summed E-state index contributed by atoms with van der Waals surface area (Å²) in [6.07, 6.45) is 0. The monoisotopic (exact) mass is 283 g/mol. The smallest absolute Gasteiger partial charge is 0.0373 e. The van der Waals surface area contributed by atoms with Crippen molar-refractivity contribution in [3.05, 3.63) is 65.2 Å². The Morgan fingerprint density at radius 3 is 2.35 bits per heavy atom. The average molecular weight is 283 g/mol. The fourth-order valence-corrected chi connectivity index (χ4v) is 4.13. The minimum atomic E-state index is 0.0902. The van der Waals surface area contributed by atoms with Crippen molar-refractivity contribution < 1.29 is 0 Å². The molecule has 0 spiro atoms. The van der Waals surface area contributed by atoms with Crippen LogP contribution in [0.15, 0.2) is 53.4 Å². The highest BCUT2D eigenvalue weighted by Gasteiger charge is 2.28. The van der Waals surface area contributed by atoms with Crippen LogP contribution < -0.4 is 5.73 Å². The van der Waals surface area contributed by atoms with Gasteiger partial charge in [0.2, 0.25) is 0 Å². The van der Waals surface area contributed by atoms with Gasteiger partial charge < -0.3 is 5.73 Å². The normalized spacial score (nSPS) is 19.1. The summed E-state index contributed by atoms with van der Waals surface area (Å²) in [4.78, 5) is 1.40. The summed E-state index contributed by atoms with van der Waals surface area (Å²) < 4.78 is 0. The maximum Gasteiger partial charge on any atom is 0.0373 e. The second-order valence-electron chi connectivity index (χ2n) is 5.80. The molecule has 1 aliphatic heterocycles. The Morgan fingerprint density at radius 2 is 1.65 bits per heavy atom. The first-order valence-corrected chi connectivity index (χ1v) is 8.22. The molecule has 20 heavy (non-hydrogen) atoms. The van der Waals surface area contributed by atoms with Crippen LogP contribution in [0, 0.1) is 0 Å². The third kappa shape index (κ3) is 2.50. The van der Waals surface area contributed by atoms with Crippen molar-refractivity contribution in [3.8, 4) is 0 Å². The van der Waals surface area contributed by atoms with Gasteiger partial charge >= 0.3 is 0 Å². The van der Waals surface area contributed by atoms with Crippen molar-refractivity contribution in [2.75, 3.05) is 5.75 Å². The molecule has 2 aromatic rings. The van der Waals surface area contributed by atoms with Crippen molar-refractivity contribution in [1.29, 1.82) is 0 Å². The molecule has 0 aliphatic carbocycles. The number of hydrogen-bond donors (Lipinski definition) is 1. The Balaban J connectivity index is 1.85. The lowest BCUT2D eigenvalue weighted by Gasteiger charge is -2.20. The second-order valence-corrected chi connectivity index (χ2v) is 6.86. The zero-order valence-electron chi connectivity index (χ0n) is 12.0. The Hall–Kier alpha value is -1.25. The van der Waals surface area contributed by atoms with Crippen molar-refractivity contribution in [2.45, 2.75) is 36.6 Å². The van der Waals surface area contributed by atoms with Crippen molar-refractivity contribution in [2.24, 2.45) is 5.73 Å². The highest BCUT2D eigenvalue weighted by molar-refractivity contribution is 7.99. The quantitative estimate of drug-likeness (QED) is 0.883. The number of fused-ring (bicyclic) bond motifs is 1. The minimum Gasteiger partial charge on any atom is -0.323 e. The van der Waals surface area contributed by atoms with Gasteiger partial charge in [0.25, 0.3) is 0 Å². The van der Waals surface area contributed by atoms with Gasteiger partial charge in [0.1, 0.15) is 0 Å². The van der Waals surface area contributed by atoms with E-state index in [1.807, 2.05) is 11.8 Å². The SMILES string of the molecule is CC(C)c1ccc(C(N)C2CSc3ccccc32)cc1. The van der Waals surface area contributed by atoms with Crippen molar-refractivity contribution in [1.82, 2.24) is 0 Å². The first-order valence-electron chi connectivity index (χ1n) is 7.24. The van der Waals surface area contributed by atoms with Gasteiger partial charge in [0, 0.05) is 22.6 Å². The molecule has 0 aromatic heterocycles. The number of benzene rings is 2. The molecule has 1 heterocycles. The van der Waals surface area contributed by atoms with Crippen LogP contribution in [-0.2, 0) is 0 Å². The van der Waals surface area contributed by atoms with Crippen molar-refractivity contribution >= 4 is 11.8 Å². The highest BCUT2D eigenvalue weighted by atomic mass is 32.2. The first-order chi connectivity index (χ1) is 9.66. The van der Waals surface area contributed by atoms with Crippen LogP contribution in [0.5, 0.6) is 0 Å². The Labute approximate surface area is 125 Å². The van der Waals surface area contributed by atoms with Crippen LogP contribution >= 0.6 is 11.8 Å². The van der Waals surface area contributed by atoms with Gasteiger partial charge in [0.15, 0.2) is 0 Å². The molecule has 2 unspecified atom stereocenters. The van der Waals surface area contributed by atoms with Gasteiger partial charge in [0.05, 0.1) is 0 Å². The highest BCUT2D eigenvalue weighted by Crippen LogP contribution is 2.44. The molecule has 0 saturated heterocycles.